The van der Waals surface area contributed by atoms with Crippen LogP contribution < -0.4 is 0 Å². The summed E-state index contributed by atoms with van der Waals surface area (Å²) in [6.07, 6.45) is 0. The highest BCUT2D eigenvalue weighted by atomic mass is 32.2. The van der Waals surface area contributed by atoms with Gasteiger partial charge in [-0.25, -0.2) is 4.98 Å². The first-order chi connectivity index (χ1) is 11.8. The van der Waals surface area contributed by atoms with Crippen molar-refractivity contribution >= 4 is 51.6 Å². The first kappa shape index (κ1) is 13.9. The largest absolute Gasteiger partial charge is 0.351 e. The molecule has 1 aliphatic rings. The van der Waals surface area contributed by atoms with Gasteiger partial charge in [-0.1, -0.05) is 72.5 Å². The molecule has 3 heterocycles. The van der Waals surface area contributed by atoms with Crippen molar-refractivity contribution in [3.05, 3.63) is 64.8 Å². The second kappa shape index (κ2) is 5.29. The highest BCUT2D eigenvalue weighted by molar-refractivity contribution is 7.99. The number of nitrogens with one attached hydrogen (secondary N) is 1. The number of benzene rings is 2. The topological polar surface area (TPSA) is 46.0 Å². The number of H-pyrrole nitrogens is 1. The van der Waals surface area contributed by atoms with Gasteiger partial charge in [0, 0.05) is 16.7 Å². The molecular weight excluding hydrogens is 336 g/mol. The molecule has 0 atom stereocenters. The van der Waals surface area contributed by atoms with Gasteiger partial charge in [-0.05, 0) is 11.6 Å². The Balaban J connectivity index is 1.79. The molecule has 1 aliphatic heterocycles. The van der Waals surface area contributed by atoms with Crippen LogP contribution in [0.1, 0.15) is 5.56 Å². The van der Waals surface area contributed by atoms with Gasteiger partial charge in [0.1, 0.15) is 11.0 Å². The molecule has 4 aromatic rings. The van der Waals surface area contributed by atoms with Gasteiger partial charge in [0.15, 0.2) is 9.80 Å². The highest BCUT2D eigenvalue weighted by Crippen LogP contribution is 2.30. The summed E-state index contributed by atoms with van der Waals surface area (Å²) in [6.45, 7) is 0. The third-order valence-electron chi connectivity index (χ3n) is 4.14. The van der Waals surface area contributed by atoms with E-state index in [4.69, 9.17) is 22.3 Å². The Bertz CT molecular complexity index is 1170. The van der Waals surface area contributed by atoms with Crippen molar-refractivity contribution in [3.63, 3.8) is 0 Å². The molecule has 0 aliphatic carbocycles. The summed E-state index contributed by atoms with van der Waals surface area (Å²) in [4.78, 5) is 8.20. The number of thioether (sulfide) groups is 1. The molecule has 6 heteroatoms. The van der Waals surface area contributed by atoms with E-state index in [1.807, 2.05) is 36.4 Å². The summed E-state index contributed by atoms with van der Waals surface area (Å²) in [5, 5.41) is 6.70. The van der Waals surface area contributed by atoms with E-state index in [2.05, 4.69) is 23.2 Å². The van der Waals surface area contributed by atoms with E-state index in [1.165, 1.54) is 0 Å². The minimum atomic E-state index is 0.673. The molecule has 0 unspecified atom stereocenters. The van der Waals surface area contributed by atoms with E-state index >= 15 is 0 Å². The lowest BCUT2D eigenvalue weighted by atomic mass is 10.1. The maximum atomic E-state index is 5.70. The van der Waals surface area contributed by atoms with Crippen LogP contribution in [0.25, 0.3) is 21.9 Å². The molecule has 116 valence electrons. The zero-order chi connectivity index (χ0) is 16.1. The number of hydrogen-bond donors (Lipinski definition) is 1. The average Bonchev–Trinajstić information content (AvgIpc) is 3.02. The standard InChI is InChI=1S/C18H12N4S2/c23-17-16-15(12-8-4-5-9-13(12)19-16)20-18-22(17)21-14(10-24-18)11-6-2-1-3-7-11/h1-9,19H,10H2. The number of para-hydroxylation sites is 1. The lowest BCUT2D eigenvalue weighted by molar-refractivity contribution is 0.714. The average molecular weight is 348 g/mol. The fourth-order valence-electron chi connectivity index (χ4n) is 2.97. The van der Waals surface area contributed by atoms with Gasteiger partial charge in [0.25, 0.3) is 0 Å². The number of fused-ring (bicyclic) bond motifs is 4. The Morgan fingerprint density at radius 2 is 1.83 bits per heavy atom. The van der Waals surface area contributed by atoms with Crippen molar-refractivity contribution in [1.29, 1.82) is 0 Å². The van der Waals surface area contributed by atoms with Gasteiger partial charge in [0.05, 0.1) is 5.71 Å². The number of aromatic amines is 1. The Morgan fingerprint density at radius 1 is 1.04 bits per heavy atom. The predicted octanol–water partition coefficient (Wildman–Crippen LogP) is 4.61. The molecule has 4 nitrogen and oxygen atoms in total. The van der Waals surface area contributed by atoms with Crippen LogP contribution in [0.15, 0.2) is 64.9 Å². The minimum absolute atomic E-state index is 0.673. The smallest absolute Gasteiger partial charge is 0.191 e. The summed E-state index contributed by atoms with van der Waals surface area (Å²) >= 11 is 7.37. The number of rotatable bonds is 1. The summed E-state index contributed by atoms with van der Waals surface area (Å²) in [5.74, 6) is 0.791. The van der Waals surface area contributed by atoms with Crippen LogP contribution in [-0.2, 0) is 0 Å². The highest BCUT2D eigenvalue weighted by Gasteiger charge is 2.19. The molecule has 24 heavy (non-hydrogen) atoms. The zero-order valence-electron chi connectivity index (χ0n) is 12.6. The van der Waals surface area contributed by atoms with Gasteiger partial charge in [0.2, 0.25) is 0 Å². The van der Waals surface area contributed by atoms with Crippen LogP contribution in [0.3, 0.4) is 0 Å². The van der Waals surface area contributed by atoms with E-state index in [9.17, 15) is 0 Å². The molecule has 5 rings (SSSR count). The van der Waals surface area contributed by atoms with Crippen LogP contribution in [0.2, 0.25) is 0 Å². The maximum absolute atomic E-state index is 5.70. The molecule has 2 aromatic carbocycles. The molecule has 0 amide bonds. The summed E-state index contributed by atoms with van der Waals surface area (Å²) in [6, 6.07) is 18.3. The van der Waals surface area contributed by atoms with E-state index in [0.717, 1.165) is 44.1 Å². The Labute approximate surface area is 147 Å². The molecular formula is C18H12N4S2. The van der Waals surface area contributed by atoms with Crippen molar-refractivity contribution < 1.29 is 0 Å². The monoisotopic (exact) mass is 348 g/mol. The minimum Gasteiger partial charge on any atom is -0.351 e. The van der Waals surface area contributed by atoms with Gasteiger partial charge < -0.3 is 4.98 Å². The van der Waals surface area contributed by atoms with Crippen LogP contribution >= 0.6 is 24.0 Å². The van der Waals surface area contributed by atoms with Crippen molar-refractivity contribution in [2.45, 2.75) is 5.16 Å². The molecule has 2 aromatic heterocycles. The molecule has 0 spiro atoms. The molecule has 0 radical (unpaired) electrons. The van der Waals surface area contributed by atoms with E-state index in [0.29, 0.717) is 4.64 Å². The molecule has 0 fully saturated rings. The number of hydrogen-bond acceptors (Lipinski definition) is 4. The van der Waals surface area contributed by atoms with E-state index in [1.54, 1.807) is 16.4 Å². The van der Waals surface area contributed by atoms with Crippen LogP contribution in [-0.4, -0.2) is 26.1 Å². The Hall–Kier alpha value is -2.44. The fraction of sp³-hybridized carbons (Fsp3) is 0.0556. The quantitative estimate of drug-likeness (QED) is 0.404. The maximum Gasteiger partial charge on any atom is 0.191 e. The van der Waals surface area contributed by atoms with Crippen LogP contribution in [0, 0.1) is 4.64 Å². The lowest BCUT2D eigenvalue weighted by Gasteiger charge is -2.16. The first-order valence-corrected chi connectivity index (χ1v) is 9.00. The third-order valence-corrected chi connectivity index (χ3v) is 5.46. The second-order valence-electron chi connectivity index (χ2n) is 5.61. The van der Waals surface area contributed by atoms with Gasteiger partial charge >= 0.3 is 0 Å². The van der Waals surface area contributed by atoms with Crippen LogP contribution in [0.5, 0.6) is 0 Å². The van der Waals surface area contributed by atoms with Crippen molar-refractivity contribution in [1.82, 2.24) is 14.6 Å². The second-order valence-corrected chi connectivity index (χ2v) is 6.94. The molecule has 0 bridgehead atoms. The fourth-order valence-corrected chi connectivity index (χ4v) is 4.20. The zero-order valence-corrected chi connectivity index (χ0v) is 14.2. The SMILES string of the molecule is S=c1c2[nH]c3ccccc3c2nc2n1N=C(c1ccccc1)CS2. The summed E-state index contributed by atoms with van der Waals surface area (Å²) in [5.41, 5.74) is 4.98. The van der Waals surface area contributed by atoms with E-state index in [-0.39, 0.29) is 0 Å². The Morgan fingerprint density at radius 3 is 2.71 bits per heavy atom. The number of nitrogens with zero attached hydrogens (tertiary/aromatic N) is 3. The third kappa shape index (κ3) is 2.03. The Kier molecular flexibility index (Phi) is 3.08. The van der Waals surface area contributed by atoms with E-state index < -0.39 is 0 Å². The molecule has 1 N–H and O–H groups in total. The van der Waals surface area contributed by atoms with Crippen LogP contribution in [0.4, 0.5) is 0 Å². The van der Waals surface area contributed by atoms with Gasteiger partial charge in [-0.2, -0.15) is 9.78 Å². The molecule has 0 saturated heterocycles. The van der Waals surface area contributed by atoms with Crippen molar-refractivity contribution in [2.75, 3.05) is 5.75 Å². The first-order valence-electron chi connectivity index (χ1n) is 7.61. The normalized spacial score (nSPS) is 13.9. The van der Waals surface area contributed by atoms with Gasteiger partial charge in [-0.15, -0.1) is 0 Å². The predicted molar refractivity (Wildman–Crippen MR) is 102 cm³/mol. The molecule has 0 saturated carbocycles. The van der Waals surface area contributed by atoms with Crippen molar-refractivity contribution in [2.24, 2.45) is 5.10 Å². The lowest BCUT2D eigenvalue weighted by Crippen LogP contribution is -2.15. The van der Waals surface area contributed by atoms with Gasteiger partial charge in [-0.3, -0.25) is 0 Å². The summed E-state index contributed by atoms with van der Waals surface area (Å²) in [7, 11) is 0. The number of aromatic nitrogens is 3. The summed E-state index contributed by atoms with van der Waals surface area (Å²) < 4.78 is 2.45. The van der Waals surface area contributed by atoms with Crippen molar-refractivity contribution in [3.8, 4) is 0 Å².